The third-order valence-electron chi connectivity index (χ3n) is 3.43. The first-order valence-corrected chi connectivity index (χ1v) is 8.26. The lowest BCUT2D eigenvalue weighted by Gasteiger charge is -2.16. The van der Waals surface area contributed by atoms with Crippen molar-refractivity contribution in [1.29, 1.82) is 0 Å². The molecule has 104 valence electrons. The van der Waals surface area contributed by atoms with Crippen LogP contribution in [0.4, 0.5) is 0 Å². The van der Waals surface area contributed by atoms with Crippen LogP contribution in [0.25, 0.3) is 0 Å². The van der Waals surface area contributed by atoms with Crippen LogP contribution < -0.4 is 10.5 Å². The van der Waals surface area contributed by atoms with Gasteiger partial charge in [0.15, 0.2) is 0 Å². The van der Waals surface area contributed by atoms with E-state index in [9.17, 15) is 8.42 Å². The van der Waals surface area contributed by atoms with E-state index in [1.807, 2.05) is 13.0 Å². The Morgan fingerprint density at radius 3 is 2.74 bits per heavy atom. The average molecular weight is 298 g/mol. The van der Waals surface area contributed by atoms with Gasteiger partial charge < -0.3 is 5.73 Å². The average Bonchev–Trinajstić information content (AvgIpc) is 2.82. The molecule has 0 fully saturated rings. The molecule has 2 rings (SSSR count). The van der Waals surface area contributed by atoms with E-state index < -0.39 is 16.1 Å². The van der Waals surface area contributed by atoms with Crippen LogP contribution in [0, 0.1) is 0 Å². The van der Waals surface area contributed by atoms with Crippen LogP contribution in [-0.4, -0.2) is 19.4 Å². The highest BCUT2D eigenvalue weighted by Gasteiger charge is 2.22. The van der Waals surface area contributed by atoms with Crippen molar-refractivity contribution in [3.8, 4) is 0 Å². The summed E-state index contributed by atoms with van der Waals surface area (Å²) < 4.78 is 27.1. The summed E-state index contributed by atoms with van der Waals surface area (Å²) in [5.41, 5.74) is 7.91. The minimum absolute atomic E-state index is 0.173. The maximum absolute atomic E-state index is 12.3. The summed E-state index contributed by atoms with van der Waals surface area (Å²) in [4.78, 5) is 0.468. The van der Waals surface area contributed by atoms with Crippen LogP contribution in [0.1, 0.15) is 30.9 Å². The molecule has 4 nitrogen and oxygen atoms in total. The SMILES string of the molecule is CCC(NS(=O)(=O)c1ccc2c(c1)CCC2)C(N)=S. The molecule has 0 spiro atoms. The molecule has 1 atom stereocenters. The van der Waals surface area contributed by atoms with Gasteiger partial charge in [-0.25, -0.2) is 13.1 Å². The molecule has 1 aromatic carbocycles. The highest BCUT2D eigenvalue weighted by atomic mass is 32.2. The molecule has 1 unspecified atom stereocenters. The van der Waals surface area contributed by atoms with Gasteiger partial charge in [-0.05, 0) is 48.9 Å². The normalized spacial score (nSPS) is 16.1. The predicted octanol–water partition coefficient (Wildman–Crippen LogP) is 1.52. The van der Waals surface area contributed by atoms with Crippen LogP contribution >= 0.6 is 12.2 Å². The molecule has 0 aromatic heterocycles. The minimum atomic E-state index is -3.56. The van der Waals surface area contributed by atoms with Crippen molar-refractivity contribution < 1.29 is 8.42 Å². The largest absolute Gasteiger partial charge is 0.392 e. The molecule has 1 aliphatic carbocycles. The highest BCUT2D eigenvalue weighted by molar-refractivity contribution is 7.89. The second-order valence-corrected chi connectivity index (χ2v) is 6.95. The second kappa shape index (κ2) is 5.56. The Kier molecular flexibility index (Phi) is 4.23. The Balaban J connectivity index is 2.27. The smallest absolute Gasteiger partial charge is 0.241 e. The third kappa shape index (κ3) is 3.13. The molecular formula is C13H18N2O2S2. The molecule has 0 saturated heterocycles. The molecule has 0 saturated carbocycles. The molecular weight excluding hydrogens is 280 g/mol. The van der Waals surface area contributed by atoms with Crippen molar-refractivity contribution >= 4 is 27.2 Å². The van der Waals surface area contributed by atoms with Crippen LogP contribution in [0.5, 0.6) is 0 Å². The lowest BCUT2D eigenvalue weighted by atomic mass is 10.1. The first kappa shape index (κ1) is 14.4. The lowest BCUT2D eigenvalue weighted by molar-refractivity contribution is 0.572. The van der Waals surface area contributed by atoms with Gasteiger partial charge in [0.2, 0.25) is 10.0 Å². The van der Waals surface area contributed by atoms with Gasteiger partial charge >= 0.3 is 0 Å². The Morgan fingerprint density at radius 2 is 2.11 bits per heavy atom. The van der Waals surface area contributed by atoms with Crippen molar-refractivity contribution in [3.05, 3.63) is 29.3 Å². The molecule has 1 aromatic rings. The Labute approximate surface area is 119 Å². The van der Waals surface area contributed by atoms with Gasteiger partial charge in [-0.1, -0.05) is 25.2 Å². The fourth-order valence-electron chi connectivity index (χ4n) is 2.31. The fourth-order valence-corrected chi connectivity index (χ4v) is 3.96. The van der Waals surface area contributed by atoms with E-state index in [2.05, 4.69) is 4.72 Å². The van der Waals surface area contributed by atoms with Crippen LogP contribution in [-0.2, 0) is 22.9 Å². The van der Waals surface area contributed by atoms with Crippen molar-refractivity contribution in [2.45, 2.75) is 43.5 Å². The first-order chi connectivity index (χ1) is 8.94. The third-order valence-corrected chi connectivity index (χ3v) is 5.18. The molecule has 6 heteroatoms. The zero-order valence-corrected chi connectivity index (χ0v) is 12.5. The summed E-state index contributed by atoms with van der Waals surface area (Å²) in [7, 11) is -3.56. The van der Waals surface area contributed by atoms with Crippen LogP contribution in [0.2, 0.25) is 0 Å². The standard InChI is InChI=1S/C13H18N2O2S2/c1-2-12(13(14)18)15-19(16,17)11-7-6-9-4-3-5-10(9)8-11/h6-8,12,15H,2-5H2,1H3,(H2,14,18). The predicted molar refractivity (Wildman–Crippen MR) is 79.7 cm³/mol. The number of rotatable bonds is 5. The summed E-state index contributed by atoms with van der Waals surface area (Å²) in [6.45, 7) is 1.84. The Morgan fingerprint density at radius 1 is 1.42 bits per heavy atom. The summed E-state index contributed by atoms with van der Waals surface area (Å²) in [5.74, 6) is 0. The van der Waals surface area contributed by atoms with Crippen LogP contribution in [0.15, 0.2) is 23.1 Å². The van der Waals surface area contributed by atoms with Gasteiger partial charge in [-0.2, -0.15) is 0 Å². The number of fused-ring (bicyclic) bond motifs is 1. The quantitative estimate of drug-likeness (QED) is 0.808. The topological polar surface area (TPSA) is 72.2 Å². The number of aryl methyl sites for hydroxylation is 2. The molecule has 0 heterocycles. The molecule has 0 aliphatic heterocycles. The van der Waals surface area contributed by atoms with Crippen molar-refractivity contribution in [2.24, 2.45) is 5.73 Å². The maximum Gasteiger partial charge on any atom is 0.241 e. The van der Waals surface area contributed by atoms with Crippen LogP contribution in [0.3, 0.4) is 0 Å². The van der Waals surface area contributed by atoms with Crippen molar-refractivity contribution in [3.63, 3.8) is 0 Å². The first-order valence-electron chi connectivity index (χ1n) is 6.37. The van der Waals surface area contributed by atoms with E-state index in [-0.39, 0.29) is 4.99 Å². The number of nitrogens with two attached hydrogens (primary N) is 1. The van der Waals surface area contributed by atoms with E-state index in [4.69, 9.17) is 18.0 Å². The van der Waals surface area contributed by atoms with Gasteiger partial charge in [0.25, 0.3) is 0 Å². The molecule has 3 N–H and O–H groups in total. The second-order valence-electron chi connectivity index (χ2n) is 4.77. The molecule has 0 radical (unpaired) electrons. The number of nitrogens with one attached hydrogen (secondary N) is 1. The monoisotopic (exact) mass is 298 g/mol. The number of thiocarbonyl (C=S) groups is 1. The van der Waals surface area contributed by atoms with Crippen molar-refractivity contribution in [2.75, 3.05) is 0 Å². The molecule has 1 aliphatic rings. The highest BCUT2D eigenvalue weighted by Crippen LogP contribution is 2.24. The number of hydrogen-bond acceptors (Lipinski definition) is 3. The zero-order chi connectivity index (χ0) is 14.0. The van der Waals surface area contributed by atoms with E-state index in [0.717, 1.165) is 24.8 Å². The van der Waals surface area contributed by atoms with E-state index in [0.29, 0.717) is 11.3 Å². The summed E-state index contributed by atoms with van der Waals surface area (Å²) >= 11 is 4.86. The number of benzene rings is 1. The summed E-state index contributed by atoms with van der Waals surface area (Å²) in [5, 5.41) is 0. The maximum atomic E-state index is 12.3. The van der Waals surface area contributed by atoms with Gasteiger partial charge in [0.05, 0.1) is 15.9 Å². The molecule has 0 amide bonds. The fraction of sp³-hybridized carbons (Fsp3) is 0.462. The van der Waals surface area contributed by atoms with E-state index in [1.165, 1.54) is 5.56 Å². The van der Waals surface area contributed by atoms with Gasteiger partial charge in [-0.15, -0.1) is 0 Å². The van der Waals surface area contributed by atoms with E-state index in [1.54, 1.807) is 12.1 Å². The Hall–Kier alpha value is -0.980. The van der Waals surface area contributed by atoms with Crippen molar-refractivity contribution in [1.82, 2.24) is 4.72 Å². The zero-order valence-electron chi connectivity index (χ0n) is 10.8. The summed E-state index contributed by atoms with van der Waals surface area (Å²) in [6, 6.07) is 4.82. The lowest BCUT2D eigenvalue weighted by Crippen LogP contribution is -2.42. The Bertz CT molecular complexity index is 597. The molecule has 19 heavy (non-hydrogen) atoms. The minimum Gasteiger partial charge on any atom is -0.392 e. The number of sulfonamides is 1. The van der Waals surface area contributed by atoms with Gasteiger partial charge in [0.1, 0.15) is 0 Å². The molecule has 0 bridgehead atoms. The number of hydrogen-bond donors (Lipinski definition) is 2. The van der Waals surface area contributed by atoms with Gasteiger partial charge in [-0.3, -0.25) is 0 Å². The van der Waals surface area contributed by atoms with E-state index >= 15 is 0 Å². The van der Waals surface area contributed by atoms with Gasteiger partial charge in [0, 0.05) is 0 Å². The summed E-state index contributed by atoms with van der Waals surface area (Å²) in [6.07, 6.45) is 3.62.